The maximum atomic E-state index is 11.3. The second kappa shape index (κ2) is 5.33. The molecule has 1 saturated heterocycles. The van der Waals surface area contributed by atoms with Gasteiger partial charge in [-0.2, -0.15) is 0 Å². The van der Waals surface area contributed by atoms with Crippen LogP contribution >= 0.6 is 11.3 Å². The number of aromatic nitrogens is 1. The molecule has 0 spiro atoms. The van der Waals surface area contributed by atoms with Crippen LogP contribution in [0.15, 0.2) is 0 Å². The minimum atomic E-state index is -0.726. The van der Waals surface area contributed by atoms with Gasteiger partial charge in [0.1, 0.15) is 5.92 Å². The molecule has 110 valence electrons. The summed E-state index contributed by atoms with van der Waals surface area (Å²) in [6.45, 7) is 2.02. The van der Waals surface area contributed by atoms with Crippen molar-refractivity contribution < 1.29 is 9.90 Å². The lowest BCUT2D eigenvalue weighted by molar-refractivity contribution is -0.139. The maximum Gasteiger partial charge on any atom is 0.312 e. The summed E-state index contributed by atoms with van der Waals surface area (Å²) in [5.41, 5.74) is 0.831. The van der Waals surface area contributed by atoms with Gasteiger partial charge in [-0.1, -0.05) is 0 Å². The predicted molar refractivity (Wildman–Crippen MR) is 79.7 cm³/mol. The van der Waals surface area contributed by atoms with E-state index in [1.807, 2.05) is 0 Å². The molecule has 2 unspecified atom stereocenters. The van der Waals surface area contributed by atoms with Crippen LogP contribution in [-0.4, -0.2) is 54.2 Å². The van der Waals surface area contributed by atoms with Crippen molar-refractivity contribution in [2.75, 3.05) is 32.1 Å². The van der Waals surface area contributed by atoms with Crippen LogP contribution in [0, 0.1) is 0 Å². The third-order valence-corrected chi connectivity index (χ3v) is 5.60. The zero-order chi connectivity index (χ0) is 14.3. The van der Waals surface area contributed by atoms with Gasteiger partial charge in [-0.3, -0.25) is 4.79 Å². The summed E-state index contributed by atoms with van der Waals surface area (Å²) in [6, 6.07) is 0.575. The van der Waals surface area contributed by atoms with Crippen molar-refractivity contribution in [1.29, 1.82) is 0 Å². The fraction of sp³-hybridized carbons (Fsp3) is 0.714. The van der Waals surface area contributed by atoms with Gasteiger partial charge in [0, 0.05) is 24.0 Å². The Labute approximate surface area is 123 Å². The summed E-state index contributed by atoms with van der Waals surface area (Å²) >= 11 is 1.70. The molecule has 2 aliphatic rings. The highest BCUT2D eigenvalue weighted by Gasteiger charge is 2.32. The van der Waals surface area contributed by atoms with Crippen LogP contribution in [0.5, 0.6) is 0 Å². The number of aryl methyl sites for hydroxylation is 1. The second-order valence-electron chi connectivity index (χ2n) is 5.94. The molecule has 1 aliphatic carbocycles. The van der Waals surface area contributed by atoms with Gasteiger partial charge < -0.3 is 14.9 Å². The van der Waals surface area contributed by atoms with E-state index in [1.165, 1.54) is 4.88 Å². The van der Waals surface area contributed by atoms with Gasteiger partial charge in [0.25, 0.3) is 0 Å². The lowest BCUT2D eigenvalue weighted by Gasteiger charge is -2.19. The first-order valence-electron chi connectivity index (χ1n) is 7.20. The van der Waals surface area contributed by atoms with Gasteiger partial charge in [0.05, 0.1) is 5.69 Å². The number of carbonyl (C=O) groups is 1. The molecule has 1 N–H and O–H groups in total. The molecule has 0 bridgehead atoms. The molecule has 20 heavy (non-hydrogen) atoms. The van der Waals surface area contributed by atoms with Crippen LogP contribution in [0.3, 0.4) is 0 Å². The number of aliphatic carboxylic acids is 1. The standard InChI is InChI=1S/C14H21N3O2S/c1-16(2)9-6-7-17(8-9)14-15-12-10(13(18)19)4-3-5-11(12)20-14/h9-10H,3-8H2,1-2H3,(H,18,19). The smallest absolute Gasteiger partial charge is 0.312 e. The molecule has 0 amide bonds. The van der Waals surface area contributed by atoms with E-state index in [1.54, 1.807) is 11.3 Å². The average molecular weight is 295 g/mol. The predicted octanol–water partition coefficient (Wildman–Crippen LogP) is 1.79. The van der Waals surface area contributed by atoms with Gasteiger partial charge >= 0.3 is 5.97 Å². The number of carboxylic acid groups (broad SMARTS) is 1. The van der Waals surface area contributed by atoms with Crippen molar-refractivity contribution in [2.45, 2.75) is 37.6 Å². The molecule has 5 nitrogen and oxygen atoms in total. The topological polar surface area (TPSA) is 56.7 Å². The molecule has 1 aliphatic heterocycles. The Morgan fingerprint density at radius 1 is 1.45 bits per heavy atom. The van der Waals surface area contributed by atoms with E-state index < -0.39 is 11.9 Å². The molecular weight excluding hydrogens is 274 g/mol. The number of carboxylic acids is 1. The van der Waals surface area contributed by atoms with E-state index in [9.17, 15) is 9.90 Å². The maximum absolute atomic E-state index is 11.3. The number of anilines is 1. The molecule has 1 aromatic rings. The third-order valence-electron chi connectivity index (χ3n) is 4.41. The van der Waals surface area contributed by atoms with Gasteiger partial charge in [-0.25, -0.2) is 4.98 Å². The van der Waals surface area contributed by atoms with Gasteiger partial charge in [0.2, 0.25) is 0 Å². The van der Waals surface area contributed by atoms with E-state index in [4.69, 9.17) is 0 Å². The van der Waals surface area contributed by atoms with E-state index in [0.29, 0.717) is 6.04 Å². The van der Waals surface area contributed by atoms with Crippen molar-refractivity contribution in [3.8, 4) is 0 Å². The van der Waals surface area contributed by atoms with E-state index in [-0.39, 0.29) is 0 Å². The summed E-state index contributed by atoms with van der Waals surface area (Å²) in [6.07, 6.45) is 3.83. The summed E-state index contributed by atoms with van der Waals surface area (Å²) in [5, 5.41) is 10.3. The number of rotatable bonds is 3. The van der Waals surface area contributed by atoms with Crippen molar-refractivity contribution >= 4 is 22.4 Å². The number of hydrogen-bond acceptors (Lipinski definition) is 5. The monoisotopic (exact) mass is 295 g/mol. The van der Waals surface area contributed by atoms with E-state index >= 15 is 0 Å². The zero-order valence-electron chi connectivity index (χ0n) is 12.0. The molecule has 0 aromatic carbocycles. The van der Waals surface area contributed by atoms with Gasteiger partial charge in [0.15, 0.2) is 5.13 Å². The summed E-state index contributed by atoms with van der Waals surface area (Å²) in [4.78, 5) is 21.8. The fourth-order valence-electron chi connectivity index (χ4n) is 3.12. The highest BCUT2D eigenvalue weighted by atomic mass is 32.1. The lowest BCUT2D eigenvalue weighted by Crippen LogP contribution is -2.31. The molecule has 1 fully saturated rings. The first-order valence-corrected chi connectivity index (χ1v) is 8.01. The molecule has 0 saturated carbocycles. The molecule has 2 atom stereocenters. The Kier molecular flexibility index (Phi) is 3.69. The van der Waals surface area contributed by atoms with E-state index in [0.717, 1.165) is 49.6 Å². The fourth-order valence-corrected chi connectivity index (χ4v) is 4.32. The molecule has 1 aromatic heterocycles. The number of hydrogen-bond donors (Lipinski definition) is 1. The van der Waals surface area contributed by atoms with Crippen molar-refractivity contribution in [1.82, 2.24) is 9.88 Å². The van der Waals surface area contributed by atoms with Gasteiger partial charge in [-0.15, -0.1) is 11.3 Å². The third kappa shape index (κ3) is 2.42. The van der Waals surface area contributed by atoms with Crippen LogP contribution in [0.1, 0.15) is 35.8 Å². The normalized spacial score (nSPS) is 26.1. The Hall–Kier alpha value is -1.14. The Bertz CT molecular complexity index is 515. The first-order chi connectivity index (χ1) is 9.56. The summed E-state index contributed by atoms with van der Waals surface area (Å²) in [5.74, 6) is -1.12. The van der Waals surface area contributed by atoms with Crippen molar-refractivity contribution in [3.05, 3.63) is 10.6 Å². The highest BCUT2D eigenvalue weighted by molar-refractivity contribution is 7.15. The highest BCUT2D eigenvalue weighted by Crippen LogP contribution is 2.38. The van der Waals surface area contributed by atoms with E-state index in [2.05, 4.69) is 28.9 Å². The number of fused-ring (bicyclic) bond motifs is 1. The molecule has 6 heteroatoms. The Morgan fingerprint density at radius 2 is 2.25 bits per heavy atom. The summed E-state index contributed by atoms with van der Waals surface area (Å²) < 4.78 is 0. The zero-order valence-corrected chi connectivity index (χ0v) is 12.8. The van der Waals surface area contributed by atoms with Crippen LogP contribution in [-0.2, 0) is 11.2 Å². The number of thiazole rings is 1. The number of likely N-dealkylation sites (N-methyl/N-ethyl adjacent to an activating group) is 1. The minimum absolute atomic E-state index is 0.393. The largest absolute Gasteiger partial charge is 0.481 e. The van der Waals surface area contributed by atoms with Crippen LogP contribution in [0.2, 0.25) is 0 Å². The quantitative estimate of drug-likeness (QED) is 0.921. The molecule has 0 radical (unpaired) electrons. The van der Waals surface area contributed by atoms with Crippen LogP contribution in [0.25, 0.3) is 0 Å². The second-order valence-corrected chi connectivity index (χ2v) is 7.00. The van der Waals surface area contributed by atoms with Crippen molar-refractivity contribution in [3.63, 3.8) is 0 Å². The molecule has 2 heterocycles. The Morgan fingerprint density at radius 3 is 2.90 bits per heavy atom. The SMILES string of the molecule is CN(C)C1CCN(c2nc3c(s2)CCCC3C(=O)O)C1. The number of nitrogens with zero attached hydrogens (tertiary/aromatic N) is 3. The van der Waals surface area contributed by atoms with Gasteiger partial charge in [-0.05, 0) is 39.8 Å². The lowest BCUT2D eigenvalue weighted by atomic mass is 9.91. The minimum Gasteiger partial charge on any atom is -0.481 e. The van der Waals surface area contributed by atoms with Crippen LogP contribution in [0.4, 0.5) is 5.13 Å². The summed E-state index contributed by atoms with van der Waals surface area (Å²) in [7, 11) is 4.23. The first kappa shape index (κ1) is 13.8. The molecule has 3 rings (SSSR count). The van der Waals surface area contributed by atoms with Crippen molar-refractivity contribution in [2.24, 2.45) is 0 Å². The average Bonchev–Trinajstić information content (AvgIpc) is 3.04. The molecular formula is C14H21N3O2S. The van der Waals surface area contributed by atoms with Crippen LogP contribution < -0.4 is 4.90 Å². The Balaban J connectivity index is 1.81.